The maximum Gasteiger partial charge on any atom is 0.0641 e. The number of para-hydroxylation sites is 4. The number of hydrogen-bond donors (Lipinski definition) is 0. The number of rotatable bonds is 1. The highest BCUT2D eigenvalue weighted by molar-refractivity contribution is 6.32. The van der Waals surface area contributed by atoms with Crippen LogP contribution in [0.2, 0.25) is 0 Å². The van der Waals surface area contributed by atoms with Gasteiger partial charge in [0.15, 0.2) is 0 Å². The Kier molecular flexibility index (Phi) is 3.37. The van der Waals surface area contributed by atoms with E-state index in [1.54, 1.807) is 0 Å². The molecule has 0 saturated carbocycles. The summed E-state index contributed by atoms with van der Waals surface area (Å²) in [6.45, 7) is 0. The smallest absolute Gasteiger partial charge is 0.0641 e. The van der Waals surface area contributed by atoms with E-state index in [-0.39, 0.29) is 0 Å². The minimum atomic E-state index is 1.19. The lowest BCUT2D eigenvalue weighted by molar-refractivity contribution is 1.19. The van der Waals surface area contributed by atoms with Crippen LogP contribution < -0.4 is 0 Å². The number of aromatic nitrogens is 3. The van der Waals surface area contributed by atoms with Gasteiger partial charge in [0, 0.05) is 60.4 Å². The second-order valence-electron chi connectivity index (χ2n) is 11.4. The molecule has 3 nitrogen and oxygen atoms in total. The zero-order chi connectivity index (χ0) is 26.4. The van der Waals surface area contributed by atoms with Crippen molar-refractivity contribution in [2.24, 2.45) is 0 Å². The lowest BCUT2D eigenvalue weighted by Gasteiger charge is -2.09. The molecular formula is C38H21N3. The van der Waals surface area contributed by atoms with Crippen LogP contribution in [-0.4, -0.2) is 13.4 Å². The maximum atomic E-state index is 2.49. The molecule has 41 heavy (non-hydrogen) atoms. The van der Waals surface area contributed by atoms with Gasteiger partial charge in [-0.1, -0.05) is 72.8 Å². The third-order valence-electron chi connectivity index (χ3n) is 9.49. The molecule has 0 unspecified atom stereocenters. The van der Waals surface area contributed by atoms with Crippen LogP contribution in [0.5, 0.6) is 0 Å². The van der Waals surface area contributed by atoms with Crippen molar-refractivity contribution in [1.82, 2.24) is 13.4 Å². The van der Waals surface area contributed by atoms with E-state index < -0.39 is 0 Å². The molecule has 6 aromatic carbocycles. The molecule has 0 atom stereocenters. The largest absolute Gasteiger partial charge is 0.315 e. The summed E-state index contributed by atoms with van der Waals surface area (Å²) >= 11 is 0. The molecule has 0 spiro atoms. The number of hydrogen-bond acceptors (Lipinski definition) is 0. The van der Waals surface area contributed by atoms with Crippen molar-refractivity contribution in [2.75, 3.05) is 0 Å². The van der Waals surface area contributed by atoms with Crippen LogP contribution in [0.1, 0.15) is 0 Å². The van der Waals surface area contributed by atoms with Crippen molar-refractivity contribution < 1.29 is 0 Å². The van der Waals surface area contributed by atoms with Crippen LogP contribution in [0.4, 0.5) is 0 Å². The average Bonchev–Trinajstić information content (AvgIpc) is 3.82. The van der Waals surface area contributed by atoms with Crippen LogP contribution in [0.25, 0.3) is 92.8 Å². The molecule has 0 aliphatic rings. The van der Waals surface area contributed by atoms with Crippen molar-refractivity contribution in [2.45, 2.75) is 0 Å². The molecule has 0 aliphatic heterocycles. The van der Waals surface area contributed by atoms with E-state index in [1.165, 1.54) is 92.8 Å². The van der Waals surface area contributed by atoms with Gasteiger partial charge >= 0.3 is 0 Å². The van der Waals surface area contributed by atoms with Gasteiger partial charge in [-0.2, -0.15) is 0 Å². The molecule has 188 valence electrons. The summed E-state index contributed by atoms with van der Waals surface area (Å²) in [5, 5.41) is 11.8. The first-order chi connectivity index (χ1) is 20.4. The Morgan fingerprint density at radius 3 is 1.93 bits per heavy atom. The Bertz CT molecular complexity index is 2840. The summed E-state index contributed by atoms with van der Waals surface area (Å²) in [7, 11) is 0. The predicted molar refractivity (Wildman–Crippen MR) is 173 cm³/mol. The van der Waals surface area contributed by atoms with Crippen LogP contribution in [0, 0.1) is 0 Å². The van der Waals surface area contributed by atoms with Gasteiger partial charge in [0.25, 0.3) is 0 Å². The van der Waals surface area contributed by atoms with Gasteiger partial charge in [-0.15, -0.1) is 0 Å². The van der Waals surface area contributed by atoms with Gasteiger partial charge in [-0.05, 0) is 48.5 Å². The second-order valence-corrected chi connectivity index (χ2v) is 11.4. The molecule has 0 N–H and O–H groups in total. The fourth-order valence-electron chi connectivity index (χ4n) is 7.92. The highest BCUT2D eigenvalue weighted by atomic mass is 15.0. The first-order valence-electron chi connectivity index (χ1n) is 14.2. The number of benzene rings is 6. The zero-order valence-corrected chi connectivity index (χ0v) is 22.0. The van der Waals surface area contributed by atoms with E-state index >= 15 is 0 Å². The molecule has 0 saturated heterocycles. The monoisotopic (exact) mass is 519 g/mol. The summed E-state index contributed by atoms with van der Waals surface area (Å²) < 4.78 is 7.38. The van der Waals surface area contributed by atoms with E-state index in [4.69, 9.17) is 0 Å². The minimum Gasteiger partial charge on any atom is -0.315 e. The van der Waals surface area contributed by atoms with Crippen molar-refractivity contribution in [1.29, 1.82) is 0 Å². The fraction of sp³-hybridized carbons (Fsp3) is 0. The molecule has 0 aliphatic carbocycles. The van der Waals surface area contributed by atoms with E-state index in [0.717, 1.165) is 0 Å². The molecule has 5 heterocycles. The Hall–Kier alpha value is -5.54. The van der Waals surface area contributed by atoms with Gasteiger partial charge in [0.05, 0.1) is 38.6 Å². The quantitative estimate of drug-likeness (QED) is 0.205. The Balaban J connectivity index is 1.44. The predicted octanol–water partition coefficient (Wildman–Crippen LogP) is 9.93. The molecule has 3 heteroatoms. The Morgan fingerprint density at radius 2 is 1.07 bits per heavy atom. The standard InChI is InChI=1S/C38H21N3/c1-2-9-23(10-3-1)40-31-15-6-5-12-25(31)29-19-22-17-18-39-33-20-28-27-14-8-13-26-24-11-4-7-16-32(24)41(37(26)27)34(28)21-30(33)35(36(22)39)38(29)40/h1-21H. The summed E-state index contributed by atoms with van der Waals surface area (Å²) in [5.74, 6) is 0. The van der Waals surface area contributed by atoms with Crippen LogP contribution in [0.15, 0.2) is 128 Å². The highest BCUT2D eigenvalue weighted by Crippen LogP contribution is 2.46. The summed E-state index contributed by atoms with van der Waals surface area (Å²) in [5.41, 5.74) is 10.1. The van der Waals surface area contributed by atoms with E-state index in [1.807, 2.05) is 0 Å². The fourth-order valence-corrected chi connectivity index (χ4v) is 7.92. The van der Waals surface area contributed by atoms with Crippen molar-refractivity contribution in [3.8, 4) is 5.69 Å². The highest BCUT2D eigenvalue weighted by Gasteiger charge is 2.24. The van der Waals surface area contributed by atoms with Crippen molar-refractivity contribution in [3.05, 3.63) is 128 Å². The summed E-state index contributed by atoms with van der Waals surface area (Å²) in [6.07, 6.45) is 2.26. The Morgan fingerprint density at radius 1 is 0.390 bits per heavy atom. The minimum absolute atomic E-state index is 1.19. The third kappa shape index (κ3) is 2.23. The molecule has 0 fully saturated rings. The third-order valence-corrected chi connectivity index (χ3v) is 9.49. The molecule has 11 rings (SSSR count). The van der Waals surface area contributed by atoms with Crippen LogP contribution >= 0.6 is 0 Å². The van der Waals surface area contributed by atoms with E-state index in [2.05, 4.69) is 141 Å². The topological polar surface area (TPSA) is 13.8 Å². The van der Waals surface area contributed by atoms with Gasteiger partial charge in [0.1, 0.15) is 0 Å². The molecule has 11 aromatic rings. The summed E-state index contributed by atoms with van der Waals surface area (Å²) in [6, 6.07) is 44.8. The Labute approximate surface area is 233 Å². The van der Waals surface area contributed by atoms with E-state index in [0.29, 0.717) is 0 Å². The molecule has 0 amide bonds. The van der Waals surface area contributed by atoms with E-state index in [9.17, 15) is 0 Å². The molecule has 0 bridgehead atoms. The van der Waals surface area contributed by atoms with Gasteiger partial charge < -0.3 is 13.4 Å². The maximum absolute atomic E-state index is 2.49. The normalized spacial score (nSPS) is 12.9. The zero-order valence-electron chi connectivity index (χ0n) is 22.0. The first kappa shape index (κ1) is 20.4. The van der Waals surface area contributed by atoms with Gasteiger partial charge in [0.2, 0.25) is 0 Å². The molecule has 5 aromatic heterocycles. The van der Waals surface area contributed by atoms with Gasteiger partial charge in [-0.3, -0.25) is 0 Å². The van der Waals surface area contributed by atoms with Crippen molar-refractivity contribution >= 4 is 87.1 Å². The number of nitrogens with zero attached hydrogens (tertiary/aromatic N) is 3. The van der Waals surface area contributed by atoms with Crippen LogP contribution in [-0.2, 0) is 0 Å². The lowest BCUT2D eigenvalue weighted by Crippen LogP contribution is -1.93. The molecular weight excluding hydrogens is 498 g/mol. The van der Waals surface area contributed by atoms with Gasteiger partial charge in [-0.25, -0.2) is 0 Å². The average molecular weight is 520 g/mol. The van der Waals surface area contributed by atoms with Crippen molar-refractivity contribution in [3.63, 3.8) is 0 Å². The molecule has 0 radical (unpaired) electrons. The summed E-state index contributed by atoms with van der Waals surface area (Å²) in [4.78, 5) is 0. The van der Waals surface area contributed by atoms with Crippen LogP contribution in [0.3, 0.4) is 0 Å². The number of fused-ring (bicyclic) bond motifs is 13. The lowest BCUT2D eigenvalue weighted by atomic mass is 10.0. The second kappa shape index (κ2) is 6.78. The SMILES string of the molecule is c1ccc(-n2c3ccccc3c3cc4ccn5c6cc7c8cccc9c%10ccccc%10n(c7cc6c(c32)c45)c98)cc1. The first-order valence-corrected chi connectivity index (χ1v) is 14.2.